The van der Waals surface area contributed by atoms with Gasteiger partial charge in [-0.2, -0.15) is 0 Å². The van der Waals surface area contributed by atoms with Gasteiger partial charge in [0.05, 0.1) is 12.0 Å². The molecule has 0 saturated heterocycles. The lowest BCUT2D eigenvalue weighted by molar-refractivity contribution is 0.0950. The van der Waals surface area contributed by atoms with Gasteiger partial charge in [0.2, 0.25) is 10.0 Å². The molecule has 1 saturated carbocycles. The van der Waals surface area contributed by atoms with Crippen molar-refractivity contribution in [2.24, 2.45) is 0 Å². The Morgan fingerprint density at radius 2 is 1.85 bits per heavy atom. The van der Waals surface area contributed by atoms with E-state index in [1.165, 1.54) is 12.1 Å². The maximum absolute atomic E-state index is 12.6. The second kappa shape index (κ2) is 8.54. The summed E-state index contributed by atoms with van der Waals surface area (Å²) in [6.07, 6.45) is 3.81. The normalized spacial score (nSPS) is 14.9. The molecule has 1 amide bonds. The molecule has 1 aliphatic carbocycles. The first-order chi connectivity index (χ1) is 13.0. The summed E-state index contributed by atoms with van der Waals surface area (Å²) >= 11 is 0. The lowest BCUT2D eigenvalue weighted by Gasteiger charge is -2.13. The maximum atomic E-state index is 12.6. The summed E-state index contributed by atoms with van der Waals surface area (Å²) in [5.74, 6) is 0.392. The van der Waals surface area contributed by atoms with Crippen LogP contribution >= 0.6 is 0 Å². The van der Waals surface area contributed by atoms with Crippen LogP contribution in [0.3, 0.4) is 0 Å². The van der Waals surface area contributed by atoms with Crippen molar-refractivity contribution < 1.29 is 17.9 Å². The third-order valence-corrected chi connectivity index (χ3v) is 6.19. The van der Waals surface area contributed by atoms with Gasteiger partial charge in [-0.1, -0.05) is 31.0 Å². The van der Waals surface area contributed by atoms with E-state index >= 15 is 0 Å². The van der Waals surface area contributed by atoms with Gasteiger partial charge in [-0.15, -0.1) is 0 Å². The highest BCUT2D eigenvalue weighted by Crippen LogP contribution is 2.21. The van der Waals surface area contributed by atoms with Crippen LogP contribution in [-0.2, 0) is 16.6 Å². The number of rotatable bonds is 7. The fourth-order valence-electron chi connectivity index (χ4n) is 3.20. The Kier molecular flexibility index (Phi) is 6.13. The number of nitrogens with one attached hydrogen (secondary N) is 2. The standard InChI is InChI=1S/C20H24N2O4S/c1-26-18-10-4-6-15(12-18)14-21-20(23)16-7-5-11-19(13-16)27(24,25)22-17-8-2-3-9-17/h4-7,10-13,17,22H,2-3,8-9,14H2,1H3,(H,21,23). The molecule has 2 aromatic carbocycles. The first-order valence-corrected chi connectivity index (χ1v) is 10.5. The fraction of sp³-hybridized carbons (Fsp3) is 0.350. The Balaban J connectivity index is 1.67. The van der Waals surface area contributed by atoms with Gasteiger partial charge in [-0.05, 0) is 48.7 Å². The van der Waals surface area contributed by atoms with Crippen molar-refractivity contribution in [2.75, 3.05) is 7.11 Å². The molecule has 0 unspecified atom stereocenters. The van der Waals surface area contributed by atoms with E-state index < -0.39 is 10.0 Å². The molecule has 2 aromatic rings. The first-order valence-electron chi connectivity index (χ1n) is 9.01. The van der Waals surface area contributed by atoms with Crippen molar-refractivity contribution in [3.63, 3.8) is 0 Å². The molecule has 0 spiro atoms. The fourth-order valence-corrected chi connectivity index (χ4v) is 4.55. The van der Waals surface area contributed by atoms with E-state index in [1.54, 1.807) is 19.2 Å². The minimum absolute atomic E-state index is 0.0134. The lowest BCUT2D eigenvalue weighted by atomic mass is 10.2. The van der Waals surface area contributed by atoms with Crippen LogP contribution in [-0.4, -0.2) is 27.5 Å². The van der Waals surface area contributed by atoms with Gasteiger partial charge in [0, 0.05) is 18.2 Å². The second-order valence-electron chi connectivity index (χ2n) is 6.66. The lowest BCUT2D eigenvalue weighted by Crippen LogP contribution is -2.32. The summed E-state index contributed by atoms with van der Waals surface area (Å²) in [5, 5.41) is 2.81. The van der Waals surface area contributed by atoms with E-state index in [4.69, 9.17) is 4.74 Å². The summed E-state index contributed by atoms with van der Waals surface area (Å²) in [6.45, 7) is 0.327. The molecule has 7 heteroatoms. The molecule has 3 rings (SSSR count). The van der Waals surface area contributed by atoms with Crippen LogP contribution in [0.5, 0.6) is 5.75 Å². The number of benzene rings is 2. The van der Waals surface area contributed by atoms with Crippen molar-refractivity contribution in [3.05, 3.63) is 59.7 Å². The molecule has 0 atom stereocenters. The number of carbonyl (C=O) groups excluding carboxylic acids is 1. The largest absolute Gasteiger partial charge is 0.497 e. The molecule has 2 N–H and O–H groups in total. The van der Waals surface area contributed by atoms with Crippen molar-refractivity contribution in [3.8, 4) is 5.75 Å². The van der Waals surface area contributed by atoms with E-state index in [0.717, 1.165) is 31.2 Å². The third kappa shape index (κ3) is 5.08. The number of carbonyl (C=O) groups is 1. The Hall–Kier alpha value is -2.38. The highest BCUT2D eigenvalue weighted by atomic mass is 32.2. The monoisotopic (exact) mass is 388 g/mol. The van der Waals surface area contributed by atoms with E-state index in [2.05, 4.69) is 10.0 Å². The van der Waals surface area contributed by atoms with Crippen molar-refractivity contribution >= 4 is 15.9 Å². The number of ether oxygens (including phenoxy) is 1. The van der Waals surface area contributed by atoms with Gasteiger partial charge in [0.25, 0.3) is 5.91 Å². The molecule has 0 bridgehead atoms. The Morgan fingerprint density at radius 1 is 1.11 bits per heavy atom. The van der Waals surface area contributed by atoms with Gasteiger partial charge in [-0.3, -0.25) is 4.79 Å². The van der Waals surface area contributed by atoms with E-state index in [-0.39, 0.29) is 16.8 Å². The van der Waals surface area contributed by atoms with Gasteiger partial charge < -0.3 is 10.1 Å². The van der Waals surface area contributed by atoms with Crippen molar-refractivity contribution in [1.82, 2.24) is 10.0 Å². The van der Waals surface area contributed by atoms with Crippen LogP contribution < -0.4 is 14.8 Å². The number of amides is 1. The molecule has 27 heavy (non-hydrogen) atoms. The number of methoxy groups -OCH3 is 1. The van der Waals surface area contributed by atoms with Crippen molar-refractivity contribution in [1.29, 1.82) is 0 Å². The zero-order chi connectivity index (χ0) is 19.3. The molecular formula is C20H24N2O4S. The van der Waals surface area contributed by atoms with E-state index in [0.29, 0.717) is 17.9 Å². The first kappa shape index (κ1) is 19.4. The van der Waals surface area contributed by atoms with Crippen molar-refractivity contribution in [2.45, 2.75) is 43.2 Å². The summed E-state index contributed by atoms with van der Waals surface area (Å²) in [7, 11) is -2.04. The Morgan fingerprint density at radius 3 is 2.59 bits per heavy atom. The minimum atomic E-state index is -3.62. The topological polar surface area (TPSA) is 84.5 Å². The third-order valence-electron chi connectivity index (χ3n) is 4.67. The maximum Gasteiger partial charge on any atom is 0.251 e. The highest BCUT2D eigenvalue weighted by Gasteiger charge is 2.23. The SMILES string of the molecule is COc1cccc(CNC(=O)c2cccc(S(=O)(=O)NC3CCCC3)c2)c1. The van der Waals surface area contributed by atoms with E-state index in [9.17, 15) is 13.2 Å². The summed E-state index contributed by atoms with van der Waals surface area (Å²) in [4.78, 5) is 12.6. The molecule has 0 aromatic heterocycles. The predicted molar refractivity (Wildman–Crippen MR) is 103 cm³/mol. The molecule has 0 heterocycles. The van der Waals surface area contributed by atoms with Gasteiger partial charge in [0.1, 0.15) is 5.75 Å². The summed E-state index contributed by atoms with van der Waals surface area (Å²) in [5.41, 5.74) is 1.21. The summed E-state index contributed by atoms with van der Waals surface area (Å²) < 4.78 is 33.0. The molecule has 0 radical (unpaired) electrons. The second-order valence-corrected chi connectivity index (χ2v) is 8.38. The van der Waals surface area contributed by atoms with Crippen LogP contribution in [0, 0.1) is 0 Å². The van der Waals surface area contributed by atoms with Crippen LogP contribution in [0.15, 0.2) is 53.4 Å². The zero-order valence-electron chi connectivity index (χ0n) is 15.3. The number of hydrogen-bond donors (Lipinski definition) is 2. The molecule has 0 aliphatic heterocycles. The molecule has 1 aliphatic rings. The molecule has 6 nitrogen and oxygen atoms in total. The average molecular weight is 388 g/mol. The van der Waals surface area contributed by atoms with Gasteiger partial charge >= 0.3 is 0 Å². The molecular weight excluding hydrogens is 364 g/mol. The van der Waals surface area contributed by atoms with E-state index in [1.807, 2.05) is 24.3 Å². The van der Waals surface area contributed by atoms with Crippen LogP contribution in [0.25, 0.3) is 0 Å². The summed E-state index contributed by atoms with van der Waals surface area (Å²) in [6, 6.07) is 13.5. The van der Waals surface area contributed by atoms with Gasteiger partial charge in [-0.25, -0.2) is 13.1 Å². The van der Waals surface area contributed by atoms with Crippen LogP contribution in [0.2, 0.25) is 0 Å². The molecule has 1 fully saturated rings. The Bertz CT molecular complexity index is 906. The predicted octanol–water partition coefficient (Wildman–Crippen LogP) is 2.85. The molecule has 144 valence electrons. The smallest absolute Gasteiger partial charge is 0.251 e. The van der Waals surface area contributed by atoms with Crippen LogP contribution in [0.4, 0.5) is 0 Å². The van der Waals surface area contributed by atoms with Crippen LogP contribution in [0.1, 0.15) is 41.6 Å². The van der Waals surface area contributed by atoms with Gasteiger partial charge in [0.15, 0.2) is 0 Å². The average Bonchev–Trinajstić information content (AvgIpc) is 3.18. The highest BCUT2D eigenvalue weighted by molar-refractivity contribution is 7.89. The number of sulfonamides is 1. The number of hydrogen-bond acceptors (Lipinski definition) is 4. The quantitative estimate of drug-likeness (QED) is 0.764. The Labute approximate surface area is 160 Å². The zero-order valence-corrected chi connectivity index (χ0v) is 16.1. The minimum Gasteiger partial charge on any atom is -0.497 e.